The monoisotopic (exact) mass is 265 g/mol. The van der Waals surface area contributed by atoms with Crippen molar-refractivity contribution in [3.63, 3.8) is 0 Å². The van der Waals surface area contributed by atoms with Crippen LogP contribution < -0.4 is 10.1 Å². The van der Waals surface area contributed by atoms with Gasteiger partial charge in [0.1, 0.15) is 5.75 Å². The van der Waals surface area contributed by atoms with Gasteiger partial charge in [-0.3, -0.25) is 0 Å². The van der Waals surface area contributed by atoms with Crippen LogP contribution in [0.15, 0.2) is 18.2 Å². The summed E-state index contributed by atoms with van der Waals surface area (Å²) in [7, 11) is 1.67. The van der Waals surface area contributed by atoms with E-state index in [1.54, 1.807) is 7.11 Å². The molecule has 0 saturated heterocycles. The Kier molecular flexibility index (Phi) is 5.83. The smallest absolute Gasteiger partial charge is 0.122 e. The zero-order valence-corrected chi connectivity index (χ0v) is 12.8. The molecule has 0 spiro atoms. The molecule has 3 nitrogen and oxygen atoms in total. The van der Waals surface area contributed by atoms with Gasteiger partial charge in [0.05, 0.1) is 12.7 Å². The minimum absolute atomic E-state index is 0.586. The van der Waals surface area contributed by atoms with Gasteiger partial charge in [-0.15, -0.1) is 0 Å². The van der Waals surface area contributed by atoms with E-state index in [0.717, 1.165) is 17.9 Å². The van der Waals surface area contributed by atoms with Gasteiger partial charge >= 0.3 is 0 Å². The number of benzene rings is 1. The summed E-state index contributed by atoms with van der Waals surface area (Å²) in [5.74, 6) is 1.43. The molecule has 19 heavy (non-hydrogen) atoms. The van der Waals surface area contributed by atoms with Crippen molar-refractivity contribution >= 4 is 0 Å². The Hall–Kier alpha value is -1.06. The van der Waals surface area contributed by atoms with Crippen LogP contribution in [0.5, 0.6) is 5.75 Å². The van der Waals surface area contributed by atoms with E-state index in [9.17, 15) is 5.11 Å². The number of aryl methyl sites for hydroxylation is 1. The van der Waals surface area contributed by atoms with Crippen molar-refractivity contribution < 1.29 is 9.84 Å². The molecule has 0 radical (unpaired) electrons. The summed E-state index contributed by atoms with van der Waals surface area (Å²) in [6.45, 7) is 9.73. The SMILES string of the molecule is COc1ccc(C)cc1CC(C)(O)CNCC(C)C. The van der Waals surface area contributed by atoms with Crippen molar-refractivity contribution in [1.82, 2.24) is 5.32 Å². The van der Waals surface area contributed by atoms with Crippen LogP contribution in [0.4, 0.5) is 0 Å². The molecule has 108 valence electrons. The third kappa shape index (κ3) is 5.62. The lowest BCUT2D eigenvalue weighted by Gasteiger charge is -2.25. The summed E-state index contributed by atoms with van der Waals surface area (Å²) in [4.78, 5) is 0. The largest absolute Gasteiger partial charge is 0.496 e. The molecule has 0 amide bonds. The van der Waals surface area contributed by atoms with Crippen LogP contribution in [-0.2, 0) is 6.42 Å². The molecule has 2 N–H and O–H groups in total. The van der Waals surface area contributed by atoms with E-state index >= 15 is 0 Å². The number of hydrogen-bond acceptors (Lipinski definition) is 3. The van der Waals surface area contributed by atoms with Crippen LogP contribution in [0.25, 0.3) is 0 Å². The average Bonchev–Trinajstić information content (AvgIpc) is 2.27. The topological polar surface area (TPSA) is 41.5 Å². The van der Waals surface area contributed by atoms with Crippen LogP contribution in [-0.4, -0.2) is 30.9 Å². The second-order valence-corrected chi connectivity index (χ2v) is 6.01. The highest BCUT2D eigenvalue weighted by Crippen LogP contribution is 2.24. The fourth-order valence-electron chi connectivity index (χ4n) is 2.15. The lowest BCUT2D eigenvalue weighted by molar-refractivity contribution is 0.0589. The lowest BCUT2D eigenvalue weighted by atomic mass is 9.94. The van der Waals surface area contributed by atoms with Crippen LogP contribution in [0.3, 0.4) is 0 Å². The Bertz CT molecular complexity index is 400. The average molecular weight is 265 g/mol. The molecule has 1 unspecified atom stereocenters. The minimum atomic E-state index is -0.768. The fourth-order valence-corrected chi connectivity index (χ4v) is 2.15. The first-order chi connectivity index (χ1) is 8.84. The van der Waals surface area contributed by atoms with E-state index in [1.807, 2.05) is 19.1 Å². The van der Waals surface area contributed by atoms with Crippen molar-refractivity contribution in [2.45, 2.75) is 39.7 Å². The van der Waals surface area contributed by atoms with Gasteiger partial charge in [-0.25, -0.2) is 0 Å². The summed E-state index contributed by atoms with van der Waals surface area (Å²) >= 11 is 0. The van der Waals surface area contributed by atoms with Gasteiger partial charge in [0.25, 0.3) is 0 Å². The van der Waals surface area contributed by atoms with Gasteiger partial charge in [0.2, 0.25) is 0 Å². The van der Waals surface area contributed by atoms with Crippen LogP contribution in [0.1, 0.15) is 31.9 Å². The van der Waals surface area contributed by atoms with Crippen LogP contribution >= 0.6 is 0 Å². The standard InChI is InChI=1S/C16H27NO2/c1-12(2)10-17-11-16(4,18)9-14-8-13(3)6-7-15(14)19-5/h6-8,12,17-18H,9-11H2,1-5H3. The van der Waals surface area contributed by atoms with Gasteiger partial charge in [-0.05, 0) is 37.9 Å². The Morgan fingerprint density at radius 1 is 1.37 bits per heavy atom. The molecule has 1 aromatic rings. The van der Waals surface area contributed by atoms with Crippen molar-refractivity contribution in [2.24, 2.45) is 5.92 Å². The highest BCUT2D eigenvalue weighted by Gasteiger charge is 2.22. The Labute approximate surface area is 117 Å². The van der Waals surface area contributed by atoms with E-state index < -0.39 is 5.60 Å². The molecule has 0 heterocycles. The number of methoxy groups -OCH3 is 1. The maximum Gasteiger partial charge on any atom is 0.122 e. The Morgan fingerprint density at radius 3 is 2.63 bits per heavy atom. The van der Waals surface area contributed by atoms with E-state index in [1.165, 1.54) is 5.56 Å². The van der Waals surface area contributed by atoms with Crippen molar-refractivity contribution in [2.75, 3.05) is 20.2 Å². The summed E-state index contributed by atoms with van der Waals surface area (Å²) in [5, 5.41) is 13.8. The molecule has 0 saturated carbocycles. The van der Waals surface area contributed by atoms with Gasteiger partial charge in [-0.2, -0.15) is 0 Å². The first kappa shape index (κ1) is 16.0. The van der Waals surface area contributed by atoms with Gasteiger partial charge in [0.15, 0.2) is 0 Å². The maximum absolute atomic E-state index is 10.5. The second-order valence-electron chi connectivity index (χ2n) is 6.01. The van der Waals surface area contributed by atoms with E-state index in [0.29, 0.717) is 18.9 Å². The summed E-state index contributed by atoms with van der Waals surface area (Å²) < 4.78 is 5.36. The first-order valence-electron chi connectivity index (χ1n) is 6.90. The second kappa shape index (κ2) is 6.92. The Balaban J connectivity index is 2.68. The summed E-state index contributed by atoms with van der Waals surface area (Å²) in [5.41, 5.74) is 1.47. The highest BCUT2D eigenvalue weighted by molar-refractivity contribution is 5.37. The predicted molar refractivity (Wildman–Crippen MR) is 79.8 cm³/mol. The molecule has 1 rings (SSSR count). The highest BCUT2D eigenvalue weighted by atomic mass is 16.5. The third-order valence-corrected chi connectivity index (χ3v) is 3.07. The lowest BCUT2D eigenvalue weighted by Crippen LogP contribution is -2.41. The van der Waals surface area contributed by atoms with Crippen molar-refractivity contribution in [3.8, 4) is 5.75 Å². The van der Waals surface area contributed by atoms with Gasteiger partial charge < -0.3 is 15.2 Å². The van der Waals surface area contributed by atoms with Crippen molar-refractivity contribution in [1.29, 1.82) is 0 Å². The number of aliphatic hydroxyl groups is 1. The van der Waals surface area contributed by atoms with Crippen LogP contribution in [0, 0.1) is 12.8 Å². The molecule has 0 aliphatic heterocycles. The molecular weight excluding hydrogens is 238 g/mol. The third-order valence-electron chi connectivity index (χ3n) is 3.07. The molecular formula is C16H27NO2. The van der Waals surface area contributed by atoms with E-state index in [2.05, 4.69) is 32.2 Å². The number of nitrogens with one attached hydrogen (secondary N) is 1. The molecule has 3 heteroatoms. The molecule has 0 aromatic heterocycles. The normalized spacial score (nSPS) is 14.5. The number of hydrogen-bond donors (Lipinski definition) is 2. The first-order valence-corrected chi connectivity index (χ1v) is 6.90. The number of ether oxygens (including phenoxy) is 1. The molecule has 1 atom stereocenters. The molecule has 0 aliphatic carbocycles. The molecule has 0 bridgehead atoms. The zero-order chi connectivity index (χ0) is 14.5. The number of rotatable bonds is 7. The Morgan fingerprint density at radius 2 is 2.05 bits per heavy atom. The quantitative estimate of drug-likeness (QED) is 0.796. The predicted octanol–water partition coefficient (Wildman–Crippen LogP) is 2.54. The molecule has 0 aliphatic rings. The minimum Gasteiger partial charge on any atom is -0.496 e. The molecule has 1 aromatic carbocycles. The molecule has 0 fully saturated rings. The summed E-state index contributed by atoms with van der Waals surface area (Å²) in [6, 6.07) is 6.06. The van der Waals surface area contributed by atoms with E-state index in [4.69, 9.17) is 4.74 Å². The van der Waals surface area contributed by atoms with Crippen molar-refractivity contribution in [3.05, 3.63) is 29.3 Å². The van der Waals surface area contributed by atoms with E-state index in [-0.39, 0.29) is 0 Å². The van der Waals surface area contributed by atoms with Gasteiger partial charge in [0, 0.05) is 13.0 Å². The zero-order valence-electron chi connectivity index (χ0n) is 12.8. The fraction of sp³-hybridized carbons (Fsp3) is 0.625. The van der Waals surface area contributed by atoms with Crippen LogP contribution in [0.2, 0.25) is 0 Å². The maximum atomic E-state index is 10.5. The summed E-state index contributed by atoms with van der Waals surface area (Å²) in [6.07, 6.45) is 0.586. The van der Waals surface area contributed by atoms with Gasteiger partial charge in [-0.1, -0.05) is 31.5 Å².